The lowest BCUT2D eigenvalue weighted by molar-refractivity contribution is 1.18. The standard InChI is InChI=1S/C45H25N5/c46-26-29-14-22-44-40(23-29)37-9-3-5-11-42(37)49(44)34-19-17-31(18-20-34)39-25-32(15-16-33(39)28-48)35-7-1-4-10-41(35)50-43-12-6-2-8-36(43)38-21-13-30(27-47)24-45(38)50/h1-25H. The number of nitriles is 3. The van der Waals surface area contributed by atoms with Crippen molar-refractivity contribution in [2.75, 3.05) is 0 Å². The second-order valence-electron chi connectivity index (χ2n) is 12.3. The van der Waals surface area contributed by atoms with Crippen LogP contribution in [-0.4, -0.2) is 9.13 Å². The summed E-state index contributed by atoms with van der Waals surface area (Å²) in [5.41, 5.74) is 11.7. The summed E-state index contributed by atoms with van der Waals surface area (Å²) < 4.78 is 4.45. The predicted octanol–water partition coefficient (Wildman–Crippen LogP) is 10.8. The van der Waals surface area contributed by atoms with E-state index in [2.05, 4.69) is 94.1 Å². The summed E-state index contributed by atoms with van der Waals surface area (Å²) >= 11 is 0. The highest BCUT2D eigenvalue weighted by Gasteiger charge is 2.18. The smallest absolute Gasteiger partial charge is 0.0998 e. The number of nitrogens with zero attached hydrogens (tertiary/aromatic N) is 5. The number of fused-ring (bicyclic) bond motifs is 6. The van der Waals surface area contributed by atoms with Crippen LogP contribution in [0.5, 0.6) is 0 Å². The van der Waals surface area contributed by atoms with E-state index in [0.717, 1.165) is 77.2 Å². The molecular weight excluding hydrogens is 611 g/mol. The zero-order chi connectivity index (χ0) is 33.8. The van der Waals surface area contributed by atoms with Crippen molar-refractivity contribution in [3.8, 4) is 51.8 Å². The Kier molecular flexibility index (Phi) is 6.56. The van der Waals surface area contributed by atoms with Crippen LogP contribution in [0.15, 0.2) is 152 Å². The molecule has 9 aromatic rings. The van der Waals surface area contributed by atoms with Gasteiger partial charge < -0.3 is 9.13 Å². The maximum atomic E-state index is 10.2. The van der Waals surface area contributed by atoms with Crippen LogP contribution in [0.2, 0.25) is 0 Å². The zero-order valence-corrected chi connectivity index (χ0v) is 26.7. The lowest BCUT2D eigenvalue weighted by atomic mass is 9.94. The molecule has 2 heterocycles. The average Bonchev–Trinajstić information content (AvgIpc) is 3.69. The Morgan fingerprint density at radius 3 is 1.74 bits per heavy atom. The van der Waals surface area contributed by atoms with Crippen LogP contribution in [0.3, 0.4) is 0 Å². The molecule has 0 saturated carbocycles. The van der Waals surface area contributed by atoms with Gasteiger partial charge in [-0.1, -0.05) is 78.9 Å². The van der Waals surface area contributed by atoms with Gasteiger partial charge in [0.25, 0.3) is 0 Å². The SMILES string of the molecule is N#Cc1ccc2c(c1)c1ccccc1n2-c1ccc(-c2cc(-c3ccccc3-n3c4ccccc4c4ccc(C#N)cc43)ccc2C#N)cc1. The summed E-state index contributed by atoms with van der Waals surface area (Å²) in [6.07, 6.45) is 0. The van der Waals surface area contributed by atoms with Gasteiger partial charge >= 0.3 is 0 Å². The molecule has 0 aliphatic heterocycles. The summed E-state index contributed by atoms with van der Waals surface area (Å²) in [7, 11) is 0. The maximum Gasteiger partial charge on any atom is 0.0998 e. The minimum atomic E-state index is 0.593. The summed E-state index contributed by atoms with van der Waals surface area (Å²) in [6, 6.07) is 57.8. The molecule has 0 radical (unpaired) electrons. The van der Waals surface area contributed by atoms with E-state index in [4.69, 9.17) is 0 Å². The average molecular weight is 636 g/mol. The predicted molar refractivity (Wildman–Crippen MR) is 200 cm³/mol. The van der Waals surface area contributed by atoms with Gasteiger partial charge in [-0.2, -0.15) is 15.8 Å². The van der Waals surface area contributed by atoms with Crippen LogP contribution in [0, 0.1) is 34.0 Å². The van der Waals surface area contributed by atoms with Crippen molar-refractivity contribution >= 4 is 43.6 Å². The Hall–Kier alpha value is -7.39. The Balaban J connectivity index is 1.19. The summed E-state index contributed by atoms with van der Waals surface area (Å²) in [5.74, 6) is 0. The molecule has 2 aromatic heterocycles. The van der Waals surface area contributed by atoms with E-state index in [9.17, 15) is 15.8 Å². The number of rotatable bonds is 4. The van der Waals surface area contributed by atoms with Crippen molar-refractivity contribution in [3.63, 3.8) is 0 Å². The van der Waals surface area contributed by atoms with Crippen LogP contribution in [0.1, 0.15) is 16.7 Å². The highest BCUT2D eigenvalue weighted by Crippen LogP contribution is 2.39. The normalized spacial score (nSPS) is 11.1. The third kappa shape index (κ3) is 4.38. The molecule has 5 nitrogen and oxygen atoms in total. The molecular formula is C45H25N5. The fourth-order valence-electron chi connectivity index (χ4n) is 7.37. The van der Waals surface area contributed by atoms with E-state index in [1.165, 1.54) is 0 Å². The van der Waals surface area contributed by atoms with Crippen molar-refractivity contribution in [2.24, 2.45) is 0 Å². The zero-order valence-electron chi connectivity index (χ0n) is 26.7. The van der Waals surface area contributed by atoms with Gasteiger partial charge in [-0.15, -0.1) is 0 Å². The van der Waals surface area contributed by atoms with Gasteiger partial charge in [-0.3, -0.25) is 0 Å². The van der Waals surface area contributed by atoms with E-state index >= 15 is 0 Å². The molecule has 0 atom stereocenters. The van der Waals surface area contributed by atoms with E-state index in [-0.39, 0.29) is 0 Å². The van der Waals surface area contributed by atoms with Gasteiger partial charge in [0.1, 0.15) is 0 Å². The molecule has 230 valence electrons. The molecule has 0 unspecified atom stereocenters. The van der Waals surface area contributed by atoms with Crippen LogP contribution in [0.4, 0.5) is 0 Å². The number of hydrogen-bond donors (Lipinski definition) is 0. The minimum absolute atomic E-state index is 0.593. The summed E-state index contributed by atoms with van der Waals surface area (Å²) in [6.45, 7) is 0. The minimum Gasteiger partial charge on any atom is -0.309 e. The van der Waals surface area contributed by atoms with Crippen molar-refractivity contribution in [1.82, 2.24) is 9.13 Å². The second kappa shape index (κ2) is 11.4. The quantitative estimate of drug-likeness (QED) is 0.193. The molecule has 0 amide bonds. The van der Waals surface area contributed by atoms with E-state index in [0.29, 0.717) is 16.7 Å². The monoisotopic (exact) mass is 635 g/mol. The maximum absolute atomic E-state index is 10.2. The molecule has 0 N–H and O–H groups in total. The third-order valence-corrected chi connectivity index (χ3v) is 9.64. The first-order chi connectivity index (χ1) is 24.7. The molecule has 0 aliphatic rings. The molecule has 0 saturated heterocycles. The molecule has 9 rings (SSSR count). The second-order valence-corrected chi connectivity index (χ2v) is 12.3. The fourth-order valence-corrected chi connectivity index (χ4v) is 7.37. The number of aromatic nitrogens is 2. The van der Waals surface area contributed by atoms with E-state index in [1.807, 2.05) is 84.9 Å². The first-order valence-electron chi connectivity index (χ1n) is 16.3. The van der Waals surface area contributed by atoms with Crippen LogP contribution >= 0.6 is 0 Å². The molecule has 0 bridgehead atoms. The van der Waals surface area contributed by atoms with Crippen LogP contribution in [-0.2, 0) is 0 Å². The van der Waals surface area contributed by atoms with Crippen LogP contribution in [0.25, 0.3) is 77.2 Å². The molecule has 0 spiro atoms. The van der Waals surface area contributed by atoms with Gasteiger partial charge in [0, 0.05) is 38.4 Å². The lowest BCUT2D eigenvalue weighted by Gasteiger charge is -2.16. The van der Waals surface area contributed by atoms with E-state index in [1.54, 1.807) is 0 Å². The Morgan fingerprint density at radius 1 is 0.380 bits per heavy atom. The Labute approximate surface area is 287 Å². The molecule has 50 heavy (non-hydrogen) atoms. The van der Waals surface area contributed by atoms with Crippen molar-refractivity contribution in [1.29, 1.82) is 15.8 Å². The van der Waals surface area contributed by atoms with Gasteiger partial charge in [0.15, 0.2) is 0 Å². The summed E-state index contributed by atoms with van der Waals surface area (Å²) in [5, 5.41) is 33.8. The molecule has 5 heteroatoms. The van der Waals surface area contributed by atoms with Crippen molar-refractivity contribution in [3.05, 3.63) is 168 Å². The third-order valence-electron chi connectivity index (χ3n) is 9.64. The van der Waals surface area contributed by atoms with Gasteiger partial charge in [-0.05, 0) is 83.9 Å². The largest absolute Gasteiger partial charge is 0.309 e. The van der Waals surface area contributed by atoms with Crippen molar-refractivity contribution in [2.45, 2.75) is 0 Å². The van der Waals surface area contributed by atoms with E-state index < -0.39 is 0 Å². The highest BCUT2D eigenvalue weighted by molar-refractivity contribution is 6.11. The summed E-state index contributed by atoms with van der Waals surface area (Å²) in [4.78, 5) is 0. The van der Waals surface area contributed by atoms with Crippen LogP contribution < -0.4 is 0 Å². The number of hydrogen-bond acceptors (Lipinski definition) is 3. The fraction of sp³-hybridized carbons (Fsp3) is 0. The van der Waals surface area contributed by atoms with Gasteiger partial charge in [-0.25, -0.2) is 0 Å². The van der Waals surface area contributed by atoms with Gasteiger partial charge in [0.2, 0.25) is 0 Å². The Morgan fingerprint density at radius 2 is 0.980 bits per heavy atom. The molecule has 0 aliphatic carbocycles. The highest BCUT2D eigenvalue weighted by atomic mass is 15.0. The first-order valence-corrected chi connectivity index (χ1v) is 16.3. The first kappa shape index (κ1) is 28.8. The number of para-hydroxylation sites is 3. The van der Waals surface area contributed by atoms with Crippen molar-refractivity contribution < 1.29 is 0 Å². The van der Waals surface area contributed by atoms with Gasteiger partial charge in [0.05, 0.1) is 62.7 Å². The molecule has 0 fully saturated rings. The molecule has 7 aromatic carbocycles. The number of benzene rings is 7. The topological polar surface area (TPSA) is 81.2 Å². The Bertz CT molecular complexity index is 2960. The lowest BCUT2D eigenvalue weighted by Crippen LogP contribution is -1.98.